The molecule has 0 bridgehead atoms. The first-order valence-electron chi connectivity index (χ1n) is 21.6. The van der Waals surface area contributed by atoms with Crippen LogP contribution in [0.2, 0.25) is 0 Å². The molecule has 0 aliphatic carbocycles. The summed E-state index contributed by atoms with van der Waals surface area (Å²) in [4.78, 5) is 9.78. The van der Waals surface area contributed by atoms with Gasteiger partial charge in [0.15, 0.2) is 0 Å². The SMILES string of the molecule is Cc1cccc(C)c1N1B2c3ccccc3-c3cccnc3N2c2[c-]c(Oc3[c-]c(-n4[c-][n+](-c5cccc6c7ccccc7n(-c7ccccc7)c56)c5ccccc54)ccc3)ccc21.[Pt]. The van der Waals surface area contributed by atoms with E-state index in [1.165, 1.54) is 38.6 Å². The van der Waals surface area contributed by atoms with E-state index in [0.717, 1.165) is 61.9 Å². The fourth-order valence-corrected chi connectivity index (χ4v) is 10.1. The fourth-order valence-electron chi connectivity index (χ4n) is 10.1. The number of nitrogens with zero attached hydrogens (tertiary/aromatic N) is 6. The van der Waals surface area contributed by atoms with Crippen LogP contribution in [0, 0.1) is 32.3 Å². The molecule has 11 aromatic rings. The van der Waals surface area contributed by atoms with E-state index in [-0.39, 0.29) is 28.0 Å². The van der Waals surface area contributed by atoms with Gasteiger partial charge in [-0.1, -0.05) is 127 Å². The van der Waals surface area contributed by atoms with Crippen LogP contribution in [-0.2, 0) is 21.1 Å². The quantitative estimate of drug-likeness (QED) is 0.0946. The summed E-state index contributed by atoms with van der Waals surface area (Å²) in [7, 11) is 0. The third-order valence-electron chi connectivity index (χ3n) is 12.8. The van der Waals surface area contributed by atoms with Crippen LogP contribution in [0.3, 0.4) is 0 Å². The molecule has 8 aromatic carbocycles. The first-order chi connectivity index (χ1) is 31.6. The summed E-state index contributed by atoms with van der Waals surface area (Å²) in [6.07, 6.45) is 5.62. The average molecular weight is 1020 g/mol. The van der Waals surface area contributed by atoms with Gasteiger partial charge >= 0.3 is 6.98 Å². The van der Waals surface area contributed by atoms with Gasteiger partial charge in [-0.3, -0.25) is 4.57 Å². The largest absolute Gasteiger partial charge is 0.510 e. The van der Waals surface area contributed by atoms with Crippen LogP contribution in [-0.4, -0.2) is 21.1 Å². The van der Waals surface area contributed by atoms with Gasteiger partial charge in [-0.15, -0.1) is 30.3 Å². The maximum Gasteiger partial charge on any atom is 0.409 e. The molecule has 0 radical (unpaired) electrons. The van der Waals surface area contributed by atoms with Crippen molar-refractivity contribution in [1.29, 1.82) is 0 Å². The van der Waals surface area contributed by atoms with Crippen LogP contribution in [0.1, 0.15) is 11.1 Å². The zero-order chi connectivity index (χ0) is 42.5. The molecule has 0 unspecified atom stereocenters. The summed E-state index contributed by atoms with van der Waals surface area (Å²) in [5, 5.41) is 2.38. The zero-order valence-electron chi connectivity index (χ0n) is 35.4. The summed E-state index contributed by atoms with van der Waals surface area (Å²) < 4.78 is 13.3. The Bertz CT molecular complexity index is 3660. The van der Waals surface area contributed by atoms with Gasteiger partial charge in [0.1, 0.15) is 5.82 Å². The Kier molecular flexibility index (Phi) is 9.14. The molecule has 0 fully saturated rings. The number of aromatic nitrogens is 4. The van der Waals surface area contributed by atoms with E-state index in [9.17, 15) is 0 Å². The number of rotatable bonds is 6. The summed E-state index contributed by atoms with van der Waals surface area (Å²) in [5.41, 5.74) is 16.2. The number of fused-ring (bicyclic) bond motifs is 12. The maximum absolute atomic E-state index is 6.74. The first-order valence-corrected chi connectivity index (χ1v) is 21.6. The minimum absolute atomic E-state index is 0. The van der Waals surface area contributed by atoms with Crippen molar-refractivity contribution in [2.24, 2.45) is 0 Å². The van der Waals surface area contributed by atoms with E-state index in [0.29, 0.717) is 11.5 Å². The molecule has 2 aliphatic heterocycles. The Labute approximate surface area is 391 Å². The molecule has 0 amide bonds. The topological polar surface area (TPSA) is 42.3 Å². The van der Waals surface area contributed by atoms with Crippen molar-refractivity contribution in [2.45, 2.75) is 13.8 Å². The van der Waals surface area contributed by atoms with E-state index >= 15 is 0 Å². The number of aryl methyl sites for hydroxylation is 2. The van der Waals surface area contributed by atoms with E-state index in [1.807, 2.05) is 30.5 Å². The molecule has 0 atom stereocenters. The van der Waals surface area contributed by atoms with Gasteiger partial charge in [0, 0.05) is 66.5 Å². The number of pyridine rings is 1. The van der Waals surface area contributed by atoms with Gasteiger partial charge in [0.2, 0.25) is 0 Å². The van der Waals surface area contributed by atoms with E-state index in [1.54, 1.807) is 0 Å². The second kappa shape index (κ2) is 15.3. The normalized spacial score (nSPS) is 12.6. The summed E-state index contributed by atoms with van der Waals surface area (Å²) >= 11 is 0. The monoisotopic (exact) mass is 1020 g/mol. The molecule has 312 valence electrons. The molecule has 0 spiro atoms. The molecule has 65 heavy (non-hydrogen) atoms. The van der Waals surface area contributed by atoms with Crippen LogP contribution in [0.4, 0.5) is 22.9 Å². The van der Waals surface area contributed by atoms with Crippen LogP contribution < -0.4 is 24.4 Å². The predicted molar refractivity (Wildman–Crippen MR) is 257 cm³/mol. The van der Waals surface area contributed by atoms with Crippen molar-refractivity contribution in [3.05, 3.63) is 218 Å². The van der Waals surface area contributed by atoms with Crippen molar-refractivity contribution in [3.8, 4) is 39.7 Å². The summed E-state index contributed by atoms with van der Waals surface area (Å²) in [6.45, 7) is 4.21. The minimum Gasteiger partial charge on any atom is -0.510 e. The number of benzene rings is 8. The fraction of sp³-hybridized carbons (Fsp3) is 0.0357. The number of hydrogen-bond acceptors (Lipinski definition) is 4. The van der Waals surface area contributed by atoms with Gasteiger partial charge in [-0.2, -0.15) is 12.1 Å². The number of ether oxygens (including phenoxy) is 1. The van der Waals surface area contributed by atoms with Gasteiger partial charge in [-0.05, 0) is 78.1 Å². The van der Waals surface area contributed by atoms with Crippen LogP contribution in [0.25, 0.3) is 61.0 Å². The second-order valence-corrected chi connectivity index (χ2v) is 16.5. The number of hydrogen-bond donors (Lipinski definition) is 0. The molecule has 3 aromatic heterocycles. The number of imidazole rings is 1. The second-order valence-electron chi connectivity index (χ2n) is 16.5. The van der Waals surface area contributed by atoms with Gasteiger partial charge in [0.25, 0.3) is 6.33 Å². The molecule has 0 saturated heterocycles. The molecule has 13 rings (SSSR count). The Morgan fingerprint density at radius 2 is 1.29 bits per heavy atom. The van der Waals surface area contributed by atoms with Gasteiger partial charge < -0.3 is 23.5 Å². The first kappa shape index (κ1) is 39.0. The van der Waals surface area contributed by atoms with Crippen LogP contribution in [0.15, 0.2) is 188 Å². The van der Waals surface area contributed by atoms with Crippen molar-refractivity contribution >= 4 is 68.2 Å². The van der Waals surface area contributed by atoms with E-state index < -0.39 is 0 Å². The molecule has 2 aliphatic rings. The minimum atomic E-state index is -0.168. The molecule has 0 N–H and O–H groups in total. The zero-order valence-corrected chi connectivity index (χ0v) is 37.7. The Balaban J connectivity index is 0.00000444. The Hall–Kier alpha value is -7.67. The Morgan fingerprint density at radius 1 is 0.585 bits per heavy atom. The molecule has 5 heterocycles. The van der Waals surface area contributed by atoms with E-state index in [4.69, 9.17) is 9.72 Å². The summed E-state index contributed by atoms with van der Waals surface area (Å²) in [5.74, 6) is 2.05. The molecular weight excluding hydrogens is 979 g/mol. The van der Waals surface area contributed by atoms with Gasteiger partial charge in [-0.25, -0.2) is 4.98 Å². The van der Waals surface area contributed by atoms with E-state index in [2.05, 4.69) is 213 Å². The maximum atomic E-state index is 6.74. The standard InChI is InChI=1S/C56H37BN6O.Pt/c1-37-16-12-17-38(2)54(37)62-51-32-31-42(35-53(51)63-56-46(25-15-33-58-56)43-22-6-8-26-47(43)57(62)63)64-41-21-13-20-40(34-41)59-36-60(50-29-11-10-28-49(50)59)52-30-14-24-45-44-23-7-9-27-48(44)61(55(45)52)39-18-4-3-5-19-39;/h3-33H,1-2H3;/q-2;. The third-order valence-corrected chi connectivity index (χ3v) is 12.8. The molecule has 7 nitrogen and oxygen atoms in total. The molecule has 0 saturated carbocycles. The Morgan fingerprint density at radius 3 is 2.17 bits per heavy atom. The third kappa shape index (κ3) is 5.94. The molecule has 9 heteroatoms. The average Bonchev–Trinajstić information content (AvgIpc) is 4.01. The van der Waals surface area contributed by atoms with Crippen molar-refractivity contribution in [2.75, 3.05) is 9.62 Å². The van der Waals surface area contributed by atoms with Crippen molar-refractivity contribution in [1.82, 2.24) is 14.1 Å². The van der Waals surface area contributed by atoms with Crippen molar-refractivity contribution in [3.63, 3.8) is 0 Å². The molecular formula is C56H37BN6OPt-2. The smallest absolute Gasteiger partial charge is 0.409 e. The van der Waals surface area contributed by atoms with Crippen molar-refractivity contribution < 1.29 is 30.4 Å². The van der Waals surface area contributed by atoms with Gasteiger partial charge in [0.05, 0.1) is 27.8 Å². The van der Waals surface area contributed by atoms with Crippen LogP contribution >= 0.6 is 0 Å². The number of anilines is 4. The summed E-state index contributed by atoms with van der Waals surface area (Å²) in [6, 6.07) is 71.0. The van der Waals surface area contributed by atoms with Crippen LogP contribution in [0.5, 0.6) is 11.5 Å². The predicted octanol–water partition coefficient (Wildman–Crippen LogP) is 11.9. The number of para-hydroxylation sites is 6.